The second kappa shape index (κ2) is 6.56. The number of rotatable bonds is 5. The number of nitrogens with one attached hydrogen (secondary N) is 1. The minimum atomic E-state index is -3.63. The van der Waals surface area contributed by atoms with Crippen LogP contribution in [0, 0.1) is 0 Å². The van der Waals surface area contributed by atoms with Crippen LogP contribution in [0.5, 0.6) is 0 Å². The number of hydrogen-bond donors (Lipinski definition) is 1. The van der Waals surface area contributed by atoms with Crippen LogP contribution in [0.1, 0.15) is 5.56 Å². The van der Waals surface area contributed by atoms with Gasteiger partial charge in [-0.15, -0.1) is 0 Å². The first-order valence-corrected chi connectivity index (χ1v) is 7.89. The van der Waals surface area contributed by atoms with E-state index < -0.39 is 15.3 Å². The van der Waals surface area contributed by atoms with Gasteiger partial charge in [-0.05, 0) is 47.5 Å². The van der Waals surface area contributed by atoms with Gasteiger partial charge in [0.15, 0.2) is 0 Å². The predicted octanol–water partition coefficient (Wildman–Crippen LogP) is 3.27. The highest BCUT2D eigenvalue weighted by Gasteiger charge is 2.13. The zero-order chi connectivity index (χ0) is 15.3. The summed E-state index contributed by atoms with van der Waals surface area (Å²) in [5, 5.41) is -0.592. The average Bonchev–Trinajstić information content (AvgIpc) is 2.46. The molecule has 2 aromatic rings. The second-order valence-corrected chi connectivity index (χ2v) is 6.24. The quantitative estimate of drug-likeness (QED) is 0.679. The van der Waals surface area contributed by atoms with E-state index in [9.17, 15) is 13.2 Å². The van der Waals surface area contributed by atoms with Crippen LogP contribution in [-0.4, -0.2) is 13.7 Å². The van der Waals surface area contributed by atoms with E-state index in [1.165, 1.54) is 24.3 Å². The van der Waals surface area contributed by atoms with Gasteiger partial charge in [-0.25, -0.2) is 8.42 Å². The molecule has 1 N–H and O–H groups in total. The monoisotopic (exact) mass is 321 g/mol. The molecule has 21 heavy (non-hydrogen) atoms. The lowest BCUT2D eigenvalue weighted by Crippen LogP contribution is -2.12. The van der Waals surface area contributed by atoms with E-state index in [4.69, 9.17) is 11.6 Å². The van der Waals surface area contributed by atoms with Crippen molar-refractivity contribution in [3.63, 3.8) is 0 Å². The molecule has 0 saturated heterocycles. The maximum Gasteiger partial charge on any atom is 0.261 e. The molecule has 0 heterocycles. The molecule has 0 atom stereocenters. The maximum atomic E-state index is 12.2. The zero-order valence-electron chi connectivity index (χ0n) is 10.9. The highest BCUT2D eigenvalue weighted by molar-refractivity contribution is 7.92. The van der Waals surface area contributed by atoms with Crippen LogP contribution in [0.15, 0.2) is 65.6 Å². The first-order chi connectivity index (χ1) is 9.97. The summed E-state index contributed by atoms with van der Waals surface area (Å²) < 4.78 is 26.8. The molecular formula is C15H12ClNO3S. The van der Waals surface area contributed by atoms with Crippen molar-refractivity contribution in [2.45, 2.75) is 4.90 Å². The summed E-state index contributed by atoms with van der Waals surface area (Å²) in [5.41, 5.74) is 1.07. The lowest BCUT2D eigenvalue weighted by molar-refractivity contribution is -0.107. The number of benzene rings is 2. The summed E-state index contributed by atoms with van der Waals surface area (Å²) in [6.45, 7) is 0. The molecule has 2 aromatic carbocycles. The fourth-order valence-electron chi connectivity index (χ4n) is 1.68. The SMILES string of the molecule is O=C(Cl)C=Cc1cccc(NS(=O)(=O)c2ccccc2)c1. The Morgan fingerprint density at radius 1 is 1.05 bits per heavy atom. The van der Waals surface area contributed by atoms with Gasteiger partial charge in [-0.3, -0.25) is 9.52 Å². The smallest absolute Gasteiger partial charge is 0.261 e. The number of anilines is 1. The van der Waals surface area contributed by atoms with E-state index in [0.29, 0.717) is 11.3 Å². The molecule has 6 heteroatoms. The molecule has 108 valence electrons. The minimum Gasteiger partial charge on any atom is -0.280 e. The third kappa shape index (κ3) is 4.44. The Labute approximate surface area is 128 Å². The van der Waals surface area contributed by atoms with Crippen molar-refractivity contribution < 1.29 is 13.2 Å². The molecule has 0 aliphatic carbocycles. The van der Waals surface area contributed by atoms with Crippen molar-refractivity contribution in [3.05, 3.63) is 66.2 Å². The van der Waals surface area contributed by atoms with E-state index >= 15 is 0 Å². The third-order valence-corrected chi connectivity index (χ3v) is 4.12. The molecular weight excluding hydrogens is 310 g/mol. The number of halogens is 1. The van der Waals surface area contributed by atoms with Crippen molar-refractivity contribution in [1.82, 2.24) is 0 Å². The average molecular weight is 322 g/mol. The van der Waals surface area contributed by atoms with E-state index in [-0.39, 0.29) is 4.90 Å². The number of carbonyl (C=O) groups is 1. The van der Waals surface area contributed by atoms with Gasteiger partial charge in [0.1, 0.15) is 0 Å². The van der Waals surface area contributed by atoms with Crippen molar-refractivity contribution >= 4 is 38.6 Å². The van der Waals surface area contributed by atoms with Gasteiger partial charge in [0.25, 0.3) is 10.0 Å². The van der Waals surface area contributed by atoms with Crippen molar-refractivity contribution in [1.29, 1.82) is 0 Å². The Balaban J connectivity index is 2.24. The molecule has 0 fully saturated rings. The van der Waals surface area contributed by atoms with Gasteiger partial charge in [0.05, 0.1) is 4.90 Å². The third-order valence-electron chi connectivity index (χ3n) is 2.60. The van der Waals surface area contributed by atoms with Gasteiger partial charge < -0.3 is 0 Å². The Morgan fingerprint density at radius 2 is 1.76 bits per heavy atom. The molecule has 4 nitrogen and oxygen atoms in total. The van der Waals surface area contributed by atoms with Crippen LogP contribution in [0.2, 0.25) is 0 Å². The normalized spacial score (nSPS) is 11.5. The van der Waals surface area contributed by atoms with E-state index in [1.807, 2.05) is 0 Å². The highest BCUT2D eigenvalue weighted by atomic mass is 35.5. The molecule has 0 saturated carbocycles. The number of sulfonamides is 1. The number of hydrogen-bond acceptors (Lipinski definition) is 3. The van der Waals surface area contributed by atoms with Gasteiger partial charge in [-0.2, -0.15) is 0 Å². The minimum absolute atomic E-state index is 0.182. The topological polar surface area (TPSA) is 63.2 Å². The summed E-state index contributed by atoms with van der Waals surface area (Å²) in [4.78, 5) is 10.9. The highest BCUT2D eigenvalue weighted by Crippen LogP contribution is 2.17. The fraction of sp³-hybridized carbons (Fsp3) is 0. The lowest BCUT2D eigenvalue weighted by Gasteiger charge is -2.08. The Hall–Kier alpha value is -2.11. The van der Waals surface area contributed by atoms with E-state index in [1.54, 1.807) is 42.5 Å². The fourth-order valence-corrected chi connectivity index (χ4v) is 2.81. The first-order valence-electron chi connectivity index (χ1n) is 6.03. The molecule has 0 spiro atoms. The lowest BCUT2D eigenvalue weighted by atomic mass is 10.2. The largest absolute Gasteiger partial charge is 0.280 e. The van der Waals surface area contributed by atoms with Crippen molar-refractivity contribution in [2.24, 2.45) is 0 Å². The maximum absolute atomic E-state index is 12.2. The van der Waals surface area contributed by atoms with Gasteiger partial charge in [0, 0.05) is 5.69 Å². The van der Waals surface area contributed by atoms with Gasteiger partial charge >= 0.3 is 0 Å². The molecule has 0 radical (unpaired) electrons. The predicted molar refractivity (Wildman–Crippen MR) is 83.6 cm³/mol. The Bertz CT molecular complexity index is 771. The number of allylic oxidation sites excluding steroid dienone is 1. The Kier molecular flexibility index (Phi) is 4.77. The summed E-state index contributed by atoms with van der Waals surface area (Å²) >= 11 is 5.22. The van der Waals surface area contributed by atoms with Gasteiger partial charge in [-0.1, -0.05) is 36.4 Å². The molecule has 0 unspecified atom stereocenters. The van der Waals surface area contributed by atoms with Crippen molar-refractivity contribution in [3.8, 4) is 0 Å². The van der Waals surface area contributed by atoms with Crippen LogP contribution < -0.4 is 4.72 Å². The second-order valence-electron chi connectivity index (χ2n) is 4.18. The molecule has 0 amide bonds. The standard InChI is InChI=1S/C15H12ClNO3S/c16-15(18)10-9-12-5-4-6-13(11-12)17-21(19,20)14-7-2-1-3-8-14/h1-11,17H. The van der Waals surface area contributed by atoms with Crippen LogP contribution in [0.25, 0.3) is 6.08 Å². The number of carbonyl (C=O) groups excluding carboxylic acids is 1. The van der Waals surface area contributed by atoms with Crippen LogP contribution in [0.4, 0.5) is 5.69 Å². The van der Waals surface area contributed by atoms with E-state index in [0.717, 1.165) is 0 Å². The molecule has 0 aromatic heterocycles. The first kappa shape index (κ1) is 15.3. The molecule has 2 rings (SSSR count). The molecule has 0 bridgehead atoms. The van der Waals surface area contributed by atoms with Crippen LogP contribution in [0.3, 0.4) is 0 Å². The molecule has 0 aliphatic heterocycles. The summed E-state index contributed by atoms with van der Waals surface area (Å²) in [6.07, 6.45) is 2.71. The molecule has 0 aliphatic rings. The van der Waals surface area contributed by atoms with E-state index in [2.05, 4.69) is 4.72 Å². The van der Waals surface area contributed by atoms with Crippen molar-refractivity contribution in [2.75, 3.05) is 4.72 Å². The summed E-state index contributed by atoms with van der Waals surface area (Å²) in [7, 11) is -3.63. The van der Waals surface area contributed by atoms with Gasteiger partial charge in [0.2, 0.25) is 5.24 Å². The Morgan fingerprint density at radius 3 is 2.43 bits per heavy atom. The zero-order valence-corrected chi connectivity index (χ0v) is 12.4. The summed E-state index contributed by atoms with van der Waals surface area (Å²) in [6, 6.07) is 14.7. The van der Waals surface area contributed by atoms with Crippen LogP contribution >= 0.6 is 11.6 Å². The summed E-state index contributed by atoms with van der Waals surface area (Å²) in [5.74, 6) is 0. The van der Waals surface area contributed by atoms with Crippen LogP contribution in [-0.2, 0) is 14.8 Å².